The van der Waals surface area contributed by atoms with Crippen LogP contribution in [0, 0.1) is 18.3 Å². The molecule has 1 aromatic carbocycles. The van der Waals surface area contributed by atoms with Gasteiger partial charge in [-0.1, -0.05) is 0 Å². The summed E-state index contributed by atoms with van der Waals surface area (Å²) in [5, 5.41) is 13.1. The van der Waals surface area contributed by atoms with E-state index in [0.29, 0.717) is 11.3 Å². The van der Waals surface area contributed by atoms with Crippen molar-refractivity contribution >= 4 is 22.9 Å². The number of nitriles is 1. The molecule has 0 aliphatic carbocycles. The van der Waals surface area contributed by atoms with Crippen LogP contribution in [0.1, 0.15) is 31.9 Å². The number of aromatic nitrogens is 3. The molecule has 3 rings (SSSR count). The fourth-order valence-corrected chi connectivity index (χ4v) is 2.95. The monoisotopic (exact) mass is 363 g/mol. The summed E-state index contributed by atoms with van der Waals surface area (Å²) >= 11 is 0. The van der Waals surface area contributed by atoms with Gasteiger partial charge >= 0.3 is 6.09 Å². The summed E-state index contributed by atoms with van der Waals surface area (Å²) in [6, 6.07) is 7.77. The number of carbonyl (C=O) groups is 1. The van der Waals surface area contributed by atoms with Crippen LogP contribution >= 0.6 is 0 Å². The number of carbonyl (C=O) groups excluding carboxylic acids is 1. The van der Waals surface area contributed by atoms with Gasteiger partial charge in [0.15, 0.2) is 0 Å². The summed E-state index contributed by atoms with van der Waals surface area (Å²) in [5.74, 6) is 0.144. The highest BCUT2D eigenvalue weighted by Crippen LogP contribution is 2.29. The number of anilines is 1. The maximum Gasteiger partial charge on any atom is 0.414 e. The highest BCUT2D eigenvalue weighted by molar-refractivity contribution is 5.92. The summed E-state index contributed by atoms with van der Waals surface area (Å²) in [7, 11) is 1.92. The van der Waals surface area contributed by atoms with E-state index in [1.54, 1.807) is 39.1 Å². The van der Waals surface area contributed by atoms with Crippen molar-refractivity contribution in [1.29, 1.82) is 5.26 Å². The smallest absolute Gasteiger partial charge is 0.414 e. The second-order valence-corrected chi connectivity index (χ2v) is 7.35. The Hall–Kier alpha value is -3.40. The predicted molar refractivity (Wildman–Crippen MR) is 103 cm³/mol. The molecular formula is C20H21N5O2. The topological polar surface area (TPSA) is 92.8 Å². The van der Waals surface area contributed by atoms with Crippen LogP contribution in [0.25, 0.3) is 22.2 Å². The lowest BCUT2D eigenvalue weighted by Gasteiger charge is -2.19. The van der Waals surface area contributed by atoms with Gasteiger partial charge in [-0.15, -0.1) is 0 Å². The molecule has 2 heterocycles. The van der Waals surface area contributed by atoms with E-state index in [9.17, 15) is 10.1 Å². The van der Waals surface area contributed by atoms with E-state index in [2.05, 4.69) is 21.4 Å². The van der Waals surface area contributed by atoms with Gasteiger partial charge in [0, 0.05) is 30.4 Å². The average molecular weight is 363 g/mol. The van der Waals surface area contributed by atoms with Crippen LogP contribution in [0.4, 0.5) is 10.7 Å². The van der Waals surface area contributed by atoms with Crippen molar-refractivity contribution in [3.63, 3.8) is 0 Å². The molecule has 2 aromatic heterocycles. The minimum Gasteiger partial charge on any atom is -0.444 e. The maximum absolute atomic E-state index is 11.9. The van der Waals surface area contributed by atoms with Crippen molar-refractivity contribution in [3.8, 4) is 17.3 Å². The van der Waals surface area contributed by atoms with E-state index in [-0.39, 0.29) is 5.95 Å². The molecule has 7 nitrogen and oxygen atoms in total. The molecule has 0 unspecified atom stereocenters. The van der Waals surface area contributed by atoms with Crippen molar-refractivity contribution in [2.75, 3.05) is 5.32 Å². The molecule has 0 radical (unpaired) electrons. The lowest BCUT2D eigenvalue weighted by atomic mass is 10.0. The van der Waals surface area contributed by atoms with Gasteiger partial charge in [0.25, 0.3) is 0 Å². The Morgan fingerprint density at radius 2 is 2.07 bits per heavy atom. The second-order valence-electron chi connectivity index (χ2n) is 7.35. The van der Waals surface area contributed by atoms with E-state index in [1.165, 1.54) is 0 Å². The molecule has 0 aliphatic rings. The van der Waals surface area contributed by atoms with E-state index in [4.69, 9.17) is 4.74 Å². The van der Waals surface area contributed by atoms with Crippen molar-refractivity contribution in [2.24, 2.45) is 7.05 Å². The fraction of sp³-hybridized carbons (Fsp3) is 0.300. The Morgan fingerprint density at radius 3 is 2.74 bits per heavy atom. The summed E-state index contributed by atoms with van der Waals surface area (Å²) < 4.78 is 7.17. The number of hydrogen-bond acceptors (Lipinski definition) is 5. The van der Waals surface area contributed by atoms with E-state index < -0.39 is 11.7 Å². The third-order valence-corrected chi connectivity index (χ3v) is 3.96. The van der Waals surface area contributed by atoms with Gasteiger partial charge in [0.1, 0.15) is 11.7 Å². The first-order valence-electron chi connectivity index (χ1n) is 8.51. The number of nitrogens with one attached hydrogen (secondary N) is 1. The molecule has 0 bridgehead atoms. The summed E-state index contributed by atoms with van der Waals surface area (Å²) in [6.07, 6.45) is 2.93. The number of aryl methyl sites for hydroxylation is 2. The van der Waals surface area contributed by atoms with E-state index in [0.717, 1.165) is 22.0 Å². The molecule has 3 aromatic rings. The van der Waals surface area contributed by atoms with Crippen molar-refractivity contribution in [1.82, 2.24) is 14.5 Å². The molecule has 1 amide bonds. The van der Waals surface area contributed by atoms with Gasteiger partial charge < -0.3 is 9.30 Å². The zero-order valence-corrected chi connectivity index (χ0v) is 16.0. The molecule has 0 spiro atoms. The first-order chi connectivity index (χ1) is 12.7. The quantitative estimate of drug-likeness (QED) is 0.738. The molecule has 0 fully saturated rings. The van der Waals surface area contributed by atoms with Gasteiger partial charge in [0.2, 0.25) is 5.95 Å². The van der Waals surface area contributed by atoms with E-state index in [1.807, 2.05) is 30.8 Å². The molecule has 1 N–H and O–H groups in total. The molecular weight excluding hydrogens is 342 g/mol. The number of ether oxygens (including phenoxy) is 1. The number of rotatable bonds is 2. The molecule has 0 aliphatic heterocycles. The van der Waals surface area contributed by atoms with Gasteiger partial charge in [0.05, 0.1) is 16.8 Å². The molecule has 0 saturated heterocycles. The van der Waals surface area contributed by atoms with Gasteiger partial charge in [-0.2, -0.15) is 5.26 Å². The number of amides is 1. The third-order valence-electron chi connectivity index (χ3n) is 3.96. The van der Waals surface area contributed by atoms with Crippen LogP contribution < -0.4 is 5.32 Å². The fourth-order valence-electron chi connectivity index (χ4n) is 2.95. The standard InChI is InChI=1S/C20H21N5O2/c1-12-11-25(5)17-14(10-21)8-13(9-15(12)17)16-6-7-22-18(23-16)24-19(26)27-20(2,3)4/h6-9,11H,1-5H3,(H,22,23,24,26). The lowest BCUT2D eigenvalue weighted by Crippen LogP contribution is -2.27. The number of hydrogen-bond donors (Lipinski definition) is 1. The van der Waals surface area contributed by atoms with Crippen LogP contribution in [0.5, 0.6) is 0 Å². The van der Waals surface area contributed by atoms with Crippen LogP contribution in [-0.2, 0) is 11.8 Å². The van der Waals surface area contributed by atoms with Gasteiger partial charge in [-0.05, 0) is 51.5 Å². The van der Waals surface area contributed by atoms with Crippen LogP contribution in [0.15, 0.2) is 30.6 Å². The largest absolute Gasteiger partial charge is 0.444 e. The predicted octanol–water partition coefficient (Wildman–Crippen LogP) is 4.16. The summed E-state index contributed by atoms with van der Waals surface area (Å²) in [4.78, 5) is 20.4. The van der Waals surface area contributed by atoms with Crippen molar-refractivity contribution in [2.45, 2.75) is 33.3 Å². The van der Waals surface area contributed by atoms with Gasteiger partial charge in [-0.3, -0.25) is 5.32 Å². The van der Waals surface area contributed by atoms with E-state index >= 15 is 0 Å². The Morgan fingerprint density at radius 1 is 1.33 bits per heavy atom. The zero-order valence-electron chi connectivity index (χ0n) is 16.0. The minimum atomic E-state index is -0.619. The molecule has 0 saturated carbocycles. The number of fused-ring (bicyclic) bond motifs is 1. The molecule has 27 heavy (non-hydrogen) atoms. The first-order valence-corrected chi connectivity index (χ1v) is 8.51. The van der Waals surface area contributed by atoms with Crippen LogP contribution in [-0.4, -0.2) is 26.2 Å². The highest BCUT2D eigenvalue weighted by atomic mass is 16.6. The Bertz CT molecular complexity index is 1070. The Kier molecular flexibility index (Phi) is 4.58. The number of benzene rings is 1. The molecule has 0 atom stereocenters. The third kappa shape index (κ3) is 3.90. The van der Waals surface area contributed by atoms with Gasteiger partial charge in [-0.25, -0.2) is 14.8 Å². The Labute approximate surface area is 157 Å². The summed E-state index contributed by atoms with van der Waals surface area (Å²) in [6.45, 7) is 7.35. The SMILES string of the molecule is Cc1cn(C)c2c(C#N)cc(-c3ccnc(NC(=O)OC(C)(C)C)n3)cc12. The normalized spacial score (nSPS) is 11.3. The second kappa shape index (κ2) is 6.72. The highest BCUT2D eigenvalue weighted by Gasteiger charge is 2.17. The average Bonchev–Trinajstić information content (AvgIpc) is 2.87. The lowest BCUT2D eigenvalue weighted by molar-refractivity contribution is 0.0634. The zero-order chi connectivity index (χ0) is 19.8. The van der Waals surface area contributed by atoms with Crippen LogP contribution in [0.3, 0.4) is 0 Å². The summed E-state index contributed by atoms with van der Waals surface area (Å²) in [5.41, 5.74) is 3.31. The van der Waals surface area contributed by atoms with Crippen molar-refractivity contribution in [3.05, 3.63) is 41.7 Å². The first kappa shape index (κ1) is 18.4. The Balaban J connectivity index is 1.99. The maximum atomic E-state index is 11.9. The molecule has 138 valence electrons. The minimum absolute atomic E-state index is 0.144. The molecule has 7 heteroatoms. The van der Waals surface area contributed by atoms with Crippen molar-refractivity contribution < 1.29 is 9.53 Å². The number of nitrogens with zero attached hydrogens (tertiary/aromatic N) is 4. The van der Waals surface area contributed by atoms with Crippen LogP contribution in [0.2, 0.25) is 0 Å².